The molecule has 0 saturated carbocycles. The fraction of sp³-hybridized carbons (Fsp3) is 0.293. The van der Waals surface area contributed by atoms with E-state index < -0.39 is 60.6 Å². The first kappa shape index (κ1) is 36.2. The van der Waals surface area contributed by atoms with E-state index in [4.69, 9.17) is 14.2 Å². The Balaban J connectivity index is 1.45. The third-order valence-corrected chi connectivity index (χ3v) is 10.1. The molecule has 4 aromatic carbocycles. The molecule has 12 nitrogen and oxygen atoms in total. The third kappa shape index (κ3) is 6.43. The molecule has 53 heavy (non-hydrogen) atoms. The summed E-state index contributed by atoms with van der Waals surface area (Å²) in [5.74, 6) is -2.95. The number of ketones is 2. The van der Waals surface area contributed by atoms with Gasteiger partial charge in [-0.1, -0.05) is 54.6 Å². The van der Waals surface area contributed by atoms with E-state index in [1.54, 1.807) is 24.3 Å². The Bertz CT molecular complexity index is 2190. The molecule has 1 fully saturated rings. The van der Waals surface area contributed by atoms with Crippen molar-refractivity contribution in [2.45, 2.75) is 77.0 Å². The number of aliphatic hydroxyl groups is 5. The van der Waals surface area contributed by atoms with E-state index in [0.29, 0.717) is 29.5 Å². The molecule has 1 aliphatic heterocycles. The zero-order valence-electron chi connectivity index (χ0n) is 28.9. The first-order valence-electron chi connectivity index (χ1n) is 17.2. The van der Waals surface area contributed by atoms with Crippen LogP contribution in [0.3, 0.4) is 0 Å². The molecule has 0 spiro atoms. The first-order valence-corrected chi connectivity index (χ1v) is 17.2. The minimum Gasteiger partial charge on any atom is -0.507 e. The highest BCUT2D eigenvalue weighted by molar-refractivity contribution is 6.31. The van der Waals surface area contributed by atoms with Gasteiger partial charge in [-0.15, -0.1) is 0 Å². The van der Waals surface area contributed by atoms with Crippen LogP contribution in [0.1, 0.15) is 91.1 Å². The van der Waals surface area contributed by atoms with Gasteiger partial charge in [-0.3, -0.25) is 14.4 Å². The molecule has 7 rings (SSSR count). The van der Waals surface area contributed by atoms with E-state index in [9.17, 15) is 45.0 Å². The molecule has 2 aliphatic carbocycles. The van der Waals surface area contributed by atoms with E-state index in [-0.39, 0.29) is 63.5 Å². The molecule has 0 amide bonds. The standard InChI is InChI=1S/C41H38O12/c1-19-35(45)39(49)40(50)41(51-19)53-29-16-28-33(36(46)27(29)13-21-6-5-7-22(12-21)17-42)38(48)32-26(18-43)15-30(52-20(2)44)31(34(32)37(28)47)25-11-10-23-8-3-4-9-24(23)14-25/h3-9,12,14-16,19,35,39-43,45-46,49-50H,10-11,13,17-18H2,1-2H3. The number of fused-ring (bicyclic) bond motifs is 3. The number of aryl methyl sites for hydroxylation is 1. The summed E-state index contributed by atoms with van der Waals surface area (Å²) in [5.41, 5.74) is 3.11. The van der Waals surface area contributed by atoms with Crippen LogP contribution in [-0.4, -0.2) is 78.9 Å². The van der Waals surface area contributed by atoms with Crippen LogP contribution in [0.5, 0.6) is 17.2 Å². The van der Waals surface area contributed by atoms with Crippen LogP contribution < -0.4 is 9.47 Å². The summed E-state index contributed by atoms with van der Waals surface area (Å²) in [4.78, 5) is 41.9. The Hall–Kier alpha value is -5.21. The first-order chi connectivity index (χ1) is 25.4. The Morgan fingerprint density at radius 1 is 0.811 bits per heavy atom. The average molecular weight is 723 g/mol. The van der Waals surface area contributed by atoms with Gasteiger partial charge in [-0.2, -0.15) is 0 Å². The van der Waals surface area contributed by atoms with Gasteiger partial charge in [0.15, 0.2) is 11.6 Å². The van der Waals surface area contributed by atoms with E-state index in [0.717, 1.165) is 11.1 Å². The summed E-state index contributed by atoms with van der Waals surface area (Å²) in [6.07, 6.45) is -4.54. The molecule has 4 aromatic rings. The molecule has 1 heterocycles. The van der Waals surface area contributed by atoms with Crippen LogP contribution in [0.25, 0.3) is 11.6 Å². The lowest BCUT2D eigenvalue weighted by molar-refractivity contribution is -0.268. The fourth-order valence-electron chi connectivity index (χ4n) is 7.41. The maximum atomic E-state index is 14.9. The number of phenols is 1. The number of ether oxygens (including phenoxy) is 3. The number of esters is 1. The molecule has 0 radical (unpaired) electrons. The summed E-state index contributed by atoms with van der Waals surface area (Å²) in [6, 6.07) is 17.1. The number of rotatable bonds is 8. The molecule has 12 heteroatoms. The van der Waals surface area contributed by atoms with Gasteiger partial charge in [-0.05, 0) is 65.3 Å². The largest absolute Gasteiger partial charge is 0.507 e. The van der Waals surface area contributed by atoms with Gasteiger partial charge in [0, 0.05) is 41.2 Å². The van der Waals surface area contributed by atoms with Crippen molar-refractivity contribution in [3.8, 4) is 17.2 Å². The van der Waals surface area contributed by atoms with Gasteiger partial charge >= 0.3 is 5.97 Å². The quantitative estimate of drug-likeness (QED) is 0.101. The number of carbonyl (C=O) groups is 3. The number of aromatic hydroxyl groups is 1. The highest BCUT2D eigenvalue weighted by Crippen LogP contribution is 2.47. The summed E-state index contributed by atoms with van der Waals surface area (Å²) in [5, 5.41) is 63.9. The second-order valence-corrected chi connectivity index (χ2v) is 13.5. The van der Waals surface area contributed by atoms with E-state index in [1.165, 1.54) is 26.0 Å². The van der Waals surface area contributed by atoms with Gasteiger partial charge in [0.1, 0.15) is 35.6 Å². The maximum absolute atomic E-state index is 14.9. The highest BCUT2D eigenvalue weighted by Gasteiger charge is 2.45. The molecule has 3 aliphatic rings. The van der Waals surface area contributed by atoms with Gasteiger partial charge in [0.25, 0.3) is 0 Å². The van der Waals surface area contributed by atoms with Crippen molar-refractivity contribution in [2.24, 2.45) is 0 Å². The molecule has 1 saturated heterocycles. The Kier molecular flexibility index (Phi) is 9.77. The molecule has 5 atom stereocenters. The smallest absolute Gasteiger partial charge is 0.308 e. The van der Waals surface area contributed by atoms with Crippen LogP contribution in [-0.2, 0) is 35.6 Å². The lowest BCUT2D eigenvalue weighted by atomic mass is 9.75. The second-order valence-electron chi connectivity index (χ2n) is 13.5. The van der Waals surface area contributed by atoms with Gasteiger partial charge in [0.05, 0.1) is 24.9 Å². The lowest BCUT2D eigenvalue weighted by Crippen LogP contribution is -2.58. The molecule has 0 bridgehead atoms. The van der Waals surface area contributed by atoms with Crippen molar-refractivity contribution in [1.29, 1.82) is 0 Å². The summed E-state index contributed by atoms with van der Waals surface area (Å²) >= 11 is 0. The second kappa shape index (κ2) is 14.3. The number of hydrogen-bond acceptors (Lipinski definition) is 12. The zero-order chi connectivity index (χ0) is 37.7. The number of carbonyl (C=O) groups excluding carboxylic acids is 3. The van der Waals surface area contributed by atoms with Crippen LogP contribution >= 0.6 is 0 Å². The lowest BCUT2D eigenvalue weighted by Gasteiger charge is -2.39. The van der Waals surface area contributed by atoms with Gasteiger partial charge in [0.2, 0.25) is 6.29 Å². The minimum absolute atomic E-state index is 0.0120. The van der Waals surface area contributed by atoms with Crippen LogP contribution in [0.2, 0.25) is 0 Å². The summed E-state index contributed by atoms with van der Waals surface area (Å²) in [6.45, 7) is 1.72. The summed E-state index contributed by atoms with van der Waals surface area (Å²) < 4.78 is 17.4. The van der Waals surface area contributed by atoms with Crippen molar-refractivity contribution < 1.29 is 59.2 Å². The normalized spacial score (nSPS) is 22.0. The zero-order valence-corrected chi connectivity index (χ0v) is 28.9. The van der Waals surface area contributed by atoms with Crippen molar-refractivity contribution in [3.05, 3.63) is 122 Å². The SMILES string of the molecule is CC(=O)Oc1cc(CO)c2c(c1C1=Cc3ccccc3CC1)C(=O)c1cc(OC3OC(C)C(O)C(O)C3O)c(Cc3cccc(CO)c3)c(O)c1C2=O. The topological polar surface area (TPSA) is 200 Å². The van der Waals surface area contributed by atoms with Crippen molar-refractivity contribution in [1.82, 2.24) is 0 Å². The Morgan fingerprint density at radius 3 is 2.30 bits per heavy atom. The molecule has 0 aromatic heterocycles. The molecule has 6 N–H and O–H groups in total. The van der Waals surface area contributed by atoms with Crippen molar-refractivity contribution in [2.75, 3.05) is 0 Å². The van der Waals surface area contributed by atoms with Gasteiger partial charge < -0.3 is 44.8 Å². The number of hydrogen-bond donors (Lipinski definition) is 6. The predicted octanol–water partition coefficient (Wildman–Crippen LogP) is 3.36. The van der Waals surface area contributed by atoms with Crippen molar-refractivity contribution in [3.63, 3.8) is 0 Å². The third-order valence-electron chi connectivity index (χ3n) is 10.1. The summed E-state index contributed by atoms with van der Waals surface area (Å²) in [7, 11) is 0. The monoisotopic (exact) mass is 722 g/mol. The van der Waals surface area contributed by atoms with Crippen LogP contribution in [0.4, 0.5) is 0 Å². The van der Waals surface area contributed by atoms with Crippen LogP contribution in [0, 0.1) is 0 Å². The Labute approximate surface area is 304 Å². The molecular formula is C41H38O12. The molecule has 5 unspecified atom stereocenters. The predicted molar refractivity (Wildman–Crippen MR) is 189 cm³/mol. The number of phenolic OH excluding ortho intramolecular Hbond substituents is 1. The van der Waals surface area contributed by atoms with E-state index in [2.05, 4.69) is 0 Å². The molecular weight excluding hydrogens is 684 g/mol. The molecule has 274 valence electrons. The van der Waals surface area contributed by atoms with Gasteiger partial charge in [-0.25, -0.2) is 0 Å². The van der Waals surface area contributed by atoms with E-state index >= 15 is 0 Å². The van der Waals surface area contributed by atoms with E-state index in [1.807, 2.05) is 30.3 Å². The number of aliphatic hydroxyl groups excluding tert-OH is 5. The fourth-order valence-corrected chi connectivity index (χ4v) is 7.41. The Morgan fingerprint density at radius 2 is 1.57 bits per heavy atom. The van der Waals surface area contributed by atoms with Crippen molar-refractivity contribution >= 4 is 29.2 Å². The van der Waals surface area contributed by atoms with Crippen LogP contribution in [0.15, 0.2) is 60.7 Å². The average Bonchev–Trinajstić information content (AvgIpc) is 3.15. The highest BCUT2D eigenvalue weighted by atomic mass is 16.7. The minimum atomic E-state index is -1.74. The number of benzene rings is 4. The number of allylic oxidation sites excluding steroid dienone is 1. The maximum Gasteiger partial charge on any atom is 0.308 e.